The van der Waals surface area contributed by atoms with Crippen molar-refractivity contribution in [2.24, 2.45) is 0 Å². The Balaban J connectivity index is 1.94. The number of nitrogens with one attached hydrogen (secondary N) is 2. The molecular weight excluding hydrogens is 256 g/mol. The molecule has 0 atom stereocenters. The summed E-state index contributed by atoms with van der Waals surface area (Å²) in [7, 11) is 1.67. The van der Waals surface area contributed by atoms with Crippen LogP contribution in [-0.2, 0) is 11.3 Å². The molecule has 1 heterocycles. The number of hydrogen-bond acceptors (Lipinski definition) is 6. The molecule has 0 aliphatic carbocycles. The molecule has 1 aromatic heterocycles. The molecule has 1 aromatic carbocycles. The molecule has 0 aliphatic rings. The van der Waals surface area contributed by atoms with Crippen LogP contribution < -0.4 is 10.6 Å². The van der Waals surface area contributed by atoms with Gasteiger partial charge >= 0.3 is 6.01 Å². The Kier molecular flexibility index (Phi) is 5.09. The first-order chi connectivity index (χ1) is 9.70. The van der Waals surface area contributed by atoms with E-state index in [-0.39, 0.29) is 0 Å². The van der Waals surface area contributed by atoms with E-state index >= 15 is 0 Å². The number of aryl methyl sites for hydroxylation is 1. The van der Waals surface area contributed by atoms with Crippen LogP contribution in [0.25, 0.3) is 0 Å². The molecule has 0 aliphatic heterocycles. The van der Waals surface area contributed by atoms with Crippen molar-refractivity contribution in [3.8, 4) is 0 Å². The molecule has 0 bridgehead atoms. The summed E-state index contributed by atoms with van der Waals surface area (Å²) in [5, 5.41) is 14.3. The number of hydrogen-bond donors (Lipinski definition) is 2. The van der Waals surface area contributed by atoms with Crippen LogP contribution in [0.15, 0.2) is 22.6 Å². The van der Waals surface area contributed by atoms with Crippen LogP contribution in [-0.4, -0.2) is 30.5 Å². The fourth-order valence-corrected chi connectivity index (χ4v) is 1.75. The molecule has 2 aromatic rings. The molecule has 108 valence electrons. The van der Waals surface area contributed by atoms with Crippen molar-refractivity contribution in [1.29, 1.82) is 0 Å². The first kappa shape index (κ1) is 14.5. The lowest BCUT2D eigenvalue weighted by Gasteiger charge is -2.07. The van der Waals surface area contributed by atoms with Gasteiger partial charge in [0.25, 0.3) is 0 Å². The largest absolute Gasteiger partial charge is 0.406 e. The van der Waals surface area contributed by atoms with Gasteiger partial charge in [-0.1, -0.05) is 17.2 Å². The second-order valence-corrected chi connectivity index (χ2v) is 4.54. The summed E-state index contributed by atoms with van der Waals surface area (Å²) < 4.78 is 10.5. The molecule has 0 radical (unpaired) electrons. The van der Waals surface area contributed by atoms with Crippen molar-refractivity contribution in [1.82, 2.24) is 15.5 Å². The van der Waals surface area contributed by atoms with Gasteiger partial charge in [0, 0.05) is 19.3 Å². The smallest absolute Gasteiger partial charge is 0.320 e. The molecule has 0 saturated heterocycles. The van der Waals surface area contributed by atoms with Gasteiger partial charge in [-0.05, 0) is 31.0 Å². The number of rotatable bonds is 7. The molecule has 6 nitrogen and oxygen atoms in total. The Morgan fingerprint density at radius 2 is 2.10 bits per heavy atom. The third-order valence-corrected chi connectivity index (χ3v) is 3.07. The van der Waals surface area contributed by atoms with Crippen LogP contribution in [0.4, 0.5) is 11.7 Å². The topological polar surface area (TPSA) is 72.2 Å². The van der Waals surface area contributed by atoms with E-state index in [1.54, 1.807) is 7.11 Å². The van der Waals surface area contributed by atoms with Gasteiger partial charge in [-0.3, -0.25) is 0 Å². The highest BCUT2D eigenvalue weighted by Gasteiger charge is 2.07. The average molecular weight is 276 g/mol. The number of benzene rings is 1. The maximum atomic E-state index is 5.53. The fourth-order valence-electron chi connectivity index (χ4n) is 1.75. The minimum absolute atomic E-state index is 0.405. The summed E-state index contributed by atoms with van der Waals surface area (Å²) in [6.45, 7) is 6.06. The van der Waals surface area contributed by atoms with Gasteiger partial charge in [-0.15, -0.1) is 5.10 Å². The zero-order chi connectivity index (χ0) is 14.4. The summed E-state index contributed by atoms with van der Waals surface area (Å²) in [6, 6.07) is 6.46. The quantitative estimate of drug-likeness (QED) is 0.755. The molecular formula is C14H20N4O2. The second kappa shape index (κ2) is 7.02. The molecule has 20 heavy (non-hydrogen) atoms. The molecule has 0 fully saturated rings. The highest BCUT2D eigenvalue weighted by molar-refractivity contribution is 5.59. The zero-order valence-electron chi connectivity index (χ0n) is 12.1. The third-order valence-electron chi connectivity index (χ3n) is 3.07. The van der Waals surface area contributed by atoms with Crippen LogP contribution in [0.1, 0.15) is 17.0 Å². The standard InChI is InChI=1S/C14H20N4O2/c1-10-5-4-6-12(11(10)2)16-14-18-17-13(20-14)9-15-7-8-19-3/h4-6,15H,7-9H2,1-3H3,(H,16,18). The van der Waals surface area contributed by atoms with Crippen molar-refractivity contribution in [3.05, 3.63) is 35.2 Å². The lowest BCUT2D eigenvalue weighted by Crippen LogP contribution is -2.18. The van der Waals surface area contributed by atoms with Crippen molar-refractivity contribution in [3.63, 3.8) is 0 Å². The van der Waals surface area contributed by atoms with Gasteiger partial charge in [0.05, 0.1) is 13.2 Å². The van der Waals surface area contributed by atoms with Crippen LogP contribution in [0, 0.1) is 13.8 Å². The van der Waals surface area contributed by atoms with E-state index in [1.165, 1.54) is 11.1 Å². The molecule has 0 amide bonds. The van der Waals surface area contributed by atoms with Crippen LogP contribution in [0.2, 0.25) is 0 Å². The second-order valence-electron chi connectivity index (χ2n) is 4.54. The lowest BCUT2D eigenvalue weighted by atomic mass is 10.1. The predicted molar refractivity (Wildman–Crippen MR) is 77.1 cm³/mol. The van der Waals surface area contributed by atoms with E-state index in [9.17, 15) is 0 Å². The van der Waals surface area contributed by atoms with Crippen LogP contribution >= 0.6 is 0 Å². The van der Waals surface area contributed by atoms with Gasteiger partial charge in [-0.25, -0.2) is 0 Å². The maximum Gasteiger partial charge on any atom is 0.320 e. The third kappa shape index (κ3) is 3.79. The number of aromatic nitrogens is 2. The monoisotopic (exact) mass is 276 g/mol. The van der Waals surface area contributed by atoms with Gasteiger partial charge in [0.2, 0.25) is 5.89 Å². The highest BCUT2D eigenvalue weighted by Crippen LogP contribution is 2.21. The molecule has 6 heteroatoms. The number of methoxy groups -OCH3 is 1. The van der Waals surface area contributed by atoms with E-state index in [1.807, 2.05) is 12.1 Å². The molecule has 0 unspecified atom stereocenters. The predicted octanol–water partition coefficient (Wildman–Crippen LogP) is 2.17. The molecule has 2 rings (SSSR count). The summed E-state index contributed by atoms with van der Waals surface area (Å²) in [4.78, 5) is 0. The summed E-state index contributed by atoms with van der Waals surface area (Å²) in [5.41, 5.74) is 3.37. The number of ether oxygens (including phenoxy) is 1. The van der Waals surface area contributed by atoms with Gasteiger partial charge < -0.3 is 19.8 Å². The Morgan fingerprint density at radius 3 is 2.90 bits per heavy atom. The van der Waals surface area contributed by atoms with Gasteiger partial charge in [0.15, 0.2) is 0 Å². The van der Waals surface area contributed by atoms with E-state index in [0.717, 1.165) is 12.2 Å². The summed E-state index contributed by atoms with van der Waals surface area (Å²) >= 11 is 0. The zero-order valence-corrected chi connectivity index (χ0v) is 12.1. The Hall–Kier alpha value is -1.92. The SMILES string of the molecule is COCCNCc1nnc(Nc2cccc(C)c2C)o1. The maximum absolute atomic E-state index is 5.53. The first-order valence-corrected chi connectivity index (χ1v) is 6.56. The molecule has 0 spiro atoms. The first-order valence-electron chi connectivity index (χ1n) is 6.56. The minimum atomic E-state index is 0.405. The summed E-state index contributed by atoms with van der Waals surface area (Å²) in [6.07, 6.45) is 0. The van der Waals surface area contributed by atoms with E-state index < -0.39 is 0 Å². The van der Waals surface area contributed by atoms with Crippen LogP contribution in [0.5, 0.6) is 0 Å². The Morgan fingerprint density at radius 1 is 1.25 bits per heavy atom. The highest BCUT2D eigenvalue weighted by atomic mass is 16.5. The van der Waals surface area contributed by atoms with Crippen LogP contribution in [0.3, 0.4) is 0 Å². The Labute approximate surface area is 118 Å². The number of anilines is 2. The van der Waals surface area contributed by atoms with E-state index in [2.05, 4.69) is 40.7 Å². The van der Waals surface area contributed by atoms with Gasteiger partial charge in [0.1, 0.15) is 0 Å². The van der Waals surface area contributed by atoms with Crippen molar-refractivity contribution in [2.75, 3.05) is 25.6 Å². The lowest BCUT2D eigenvalue weighted by molar-refractivity contribution is 0.198. The van der Waals surface area contributed by atoms with Crippen molar-refractivity contribution >= 4 is 11.7 Å². The van der Waals surface area contributed by atoms with E-state index in [0.29, 0.717) is 25.1 Å². The fraction of sp³-hybridized carbons (Fsp3) is 0.429. The van der Waals surface area contributed by atoms with E-state index in [4.69, 9.17) is 9.15 Å². The van der Waals surface area contributed by atoms with Gasteiger partial charge in [-0.2, -0.15) is 0 Å². The average Bonchev–Trinajstić information content (AvgIpc) is 2.88. The normalized spacial score (nSPS) is 10.8. The number of nitrogens with zero attached hydrogens (tertiary/aromatic N) is 2. The van der Waals surface area contributed by atoms with Crippen molar-refractivity contribution in [2.45, 2.75) is 20.4 Å². The minimum Gasteiger partial charge on any atom is -0.406 e. The summed E-state index contributed by atoms with van der Waals surface area (Å²) in [5.74, 6) is 0.550. The Bertz CT molecular complexity index is 554. The molecule has 0 saturated carbocycles. The van der Waals surface area contributed by atoms with Crippen molar-refractivity contribution < 1.29 is 9.15 Å². The molecule has 2 N–H and O–H groups in total.